The van der Waals surface area contributed by atoms with Gasteiger partial charge in [-0.2, -0.15) is 3.71 Å². The number of benzene rings is 1. The Kier molecular flexibility index (Phi) is 7.49. The highest BCUT2D eigenvalue weighted by Crippen LogP contribution is 2.23. The maximum atomic E-state index is 11.7. The second-order valence-electron chi connectivity index (χ2n) is 5.26. The first-order chi connectivity index (χ1) is 11.6. The second-order valence-corrected chi connectivity index (χ2v) is 9.15. The minimum absolute atomic E-state index is 0.0198. The molecule has 0 aliphatic carbocycles. The van der Waals surface area contributed by atoms with E-state index in [2.05, 4.69) is 10.3 Å². The first-order valence-electron chi connectivity index (χ1n) is 7.53. The molecule has 0 saturated carbocycles. The lowest BCUT2D eigenvalue weighted by Crippen LogP contribution is -2.35. The van der Waals surface area contributed by atoms with Crippen LogP contribution in [0.2, 0.25) is 0 Å². The van der Waals surface area contributed by atoms with E-state index < -0.39 is 20.0 Å². The topological polar surface area (TPSA) is 131 Å². The van der Waals surface area contributed by atoms with E-state index in [4.69, 9.17) is 10.5 Å². The molecule has 1 aromatic rings. The predicted octanol–water partition coefficient (Wildman–Crippen LogP) is 0.105. The second kappa shape index (κ2) is 8.90. The average Bonchev–Trinajstić information content (AvgIpc) is 2.48. The molecule has 0 amide bonds. The van der Waals surface area contributed by atoms with Crippen LogP contribution >= 0.6 is 0 Å². The summed E-state index contributed by atoms with van der Waals surface area (Å²) in [6.07, 6.45) is 2.56. The molecule has 1 rings (SSSR count). The van der Waals surface area contributed by atoms with E-state index in [1.807, 2.05) is 6.92 Å². The van der Waals surface area contributed by atoms with E-state index >= 15 is 0 Å². The SMILES string of the molecule is CCCN=C(N)NCCOc1ccc(N(S(C)(=O)=O)S(C)(=O)=O)cc1. The third-order valence-electron chi connectivity index (χ3n) is 2.83. The molecule has 3 N–H and O–H groups in total. The molecule has 0 aliphatic heterocycles. The highest BCUT2D eigenvalue weighted by molar-refractivity contribution is 8.09. The van der Waals surface area contributed by atoms with Crippen molar-refractivity contribution in [1.82, 2.24) is 5.32 Å². The molecule has 0 fully saturated rings. The first kappa shape index (κ1) is 21.0. The summed E-state index contributed by atoms with van der Waals surface area (Å²) in [5, 5.41) is 2.89. The average molecular weight is 393 g/mol. The fourth-order valence-electron chi connectivity index (χ4n) is 1.93. The van der Waals surface area contributed by atoms with Gasteiger partial charge >= 0.3 is 0 Å². The molecule has 25 heavy (non-hydrogen) atoms. The van der Waals surface area contributed by atoms with Crippen LogP contribution in [-0.4, -0.2) is 55.0 Å². The Bertz CT molecular complexity index is 757. The molecule has 0 atom stereocenters. The number of rotatable bonds is 9. The summed E-state index contributed by atoms with van der Waals surface area (Å²) in [5.74, 6) is 0.814. The van der Waals surface area contributed by atoms with Gasteiger partial charge in [0.25, 0.3) is 0 Å². The zero-order chi connectivity index (χ0) is 19.1. The summed E-state index contributed by atoms with van der Waals surface area (Å²) in [6, 6.07) is 5.71. The van der Waals surface area contributed by atoms with Gasteiger partial charge in [0.05, 0.1) is 24.7 Å². The largest absolute Gasteiger partial charge is 0.492 e. The van der Waals surface area contributed by atoms with Gasteiger partial charge in [-0.25, -0.2) is 16.8 Å². The number of hydrogen-bond donors (Lipinski definition) is 2. The molecule has 0 heterocycles. The smallest absolute Gasteiger partial charge is 0.245 e. The third-order valence-corrected chi connectivity index (χ3v) is 6.08. The van der Waals surface area contributed by atoms with Gasteiger partial charge in [-0.1, -0.05) is 6.92 Å². The van der Waals surface area contributed by atoms with Gasteiger partial charge in [-0.05, 0) is 30.7 Å². The molecule has 0 aromatic heterocycles. The van der Waals surface area contributed by atoms with Crippen molar-refractivity contribution in [3.63, 3.8) is 0 Å². The van der Waals surface area contributed by atoms with Crippen LogP contribution in [0.5, 0.6) is 5.75 Å². The fraction of sp³-hybridized carbons (Fsp3) is 0.500. The number of nitrogens with zero attached hydrogens (tertiary/aromatic N) is 2. The van der Waals surface area contributed by atoms with Crippen molar-refractivity contribution >= 4 is 31.7 Å². The Morgan fingerprint density at radius 2 is 1.72 bits per heavy atom. The summed E-state index contributed by atoms with van der Waals surface area (Å²) in [4.78, 5) is 4.07. The number of ether oxygens (including phenoxy) is 1. The molecule has 0 radical (unpaired) electrons. The van der Waals surface area contributed by atoms with Crippen molar-refractivity contribution in [2.24, 2.45) is 10.7 Å². The van der Waals surface area contributed by atoms with Crippen LogP contribution in [0.1, 0.15) is 13.3 Å². The number of hydrogen-bond acceptors (Lipinski definition) is 6. The molecule has 0 aliphatic rings. The molecule has 9 nitrogen and oxygen atoms in total. The lowest BCUT2D eigenvalue weighted by Gasteiger charge is -2.19. The van der Waals surface area contributed by atoms with Crippen LogP contribution < -0.4 is 19.5 Å². The Hall–Kier alpha value is -2.01. The van der Waals surface area contributed by atoms with Gasteiger partial charge in [0.1, 0.15) is 12.4 Å². The summed E-state index contributed by atoms with van der Waals surface area (Å²) < 4.78 is 52.6. The number of aliphatic imine (C=N–C) groups is 1. The minimum atomic E-state index is -3.96. The predicted molar refractivity (Wildman–Crippen MR) is 98.9 cm³/mol. The van der Waals surface area contributed by atoms with Crippen LogP contribution in [0.4, 0.5) is 5.69 Å². The highest BCUT2D eigenvalue weighted by Gasteiger charge is 2.27. The van der Waals surface area contributed by atoms with Gasteiger partial charge < -0.3 is 15.8 Å². The van der Waals surface area contributed by atoms with Gasteiger partial charge in [0.2, 0.25) is 20.0 Å². The lowest BCUT2D eigenvalue weighted by molar-refractivity contribution is 0.322. The van der Waals surface area contributed by atoms with Crippen molar-refractivity contribution < 1.29 is 21.6 Å². The maximum absolute atomic E-state index is 11.7. The number of anilines is 1. The van der Waals surface area contributed by atoms with Crippen LogP contribution in [0, 0.1) is 0 Å². The van der Waals surface area contributed by atoms with Gasteiger partial charge in [0.15, 0.2) is 5.96 Å². The number of nitrogens with one attached hydrogen (secondary N) is 1. The maximum Gasteiger partial charge on any atom is 0.245 e. The van der Waals surface area contributed by atoms with E-state index in [0.29, 0.717) is 35.1 Å². The zero-order valence-electron chi connectivity index (χ0n) is 14.5. The quantitative estimate of drug-likeness (QED) is 0.346. The Labute approximate surface area is 149 Å². The molecule has 1 aromatic carbocycles. The van der Waals surface area contributed by atoms with Crippen LogP contribution in [0.3, 0.4) is 0 Å². The number of guanidine groups is 1. The number of nitrogens with two attached hydrogens (primary N) is 1. The molecule has 0 bridgehead atoms. The zero-order valence-corrected chi connectivity index (χ0v) is 16.1. The van der Waals surface area contributed by atoms with Crippen molar-refractivity contribution in [3.05, 3.63) is 24.3 Å². The van der Waals surface area contributed by atoms with Gasteiger partial charge in [-0.15, -0.1) is 0 Å². The van der Waals surface area contributed by atoms with Crippen molar-refractivity contribution in [2.75, 3.05) is 35.9 Å². The highest BCUT2D eigenvalue weighted by atomic mass is 32.3. The Morgan fingerprint density at radius 3 is 2.20 bits per heavy atom. The molecule has 0 spiro atoms. The Morgan fingerprint density at radius 1 is 1.16 bits per heavy atom. The van der Waals surface area contributed by atoms with Crippen LogP contribution in [-0.2, 0) is 20.0 Å². The standard InChI is InChI=1S/C14H24N4O5S2/c1-4-9-16-14(15)17-10-11-23-13-7-5-12(6-8-13)18(24(2,19)20)25(3,21)22/h5-8H,4,9-11H2,1-3H3,(H3,15,16,17). The molecule has 0 unspecified atom stereocenters. The van der Waals surface area contributed by atoms with E-state index in [1.165, 1.54) is 24.3 Å². The Balaban J connectivity index is 2.68. The van der Waals surface area contributed by atoms with Gasteiger partial charge in [0, 0.05) is 6.54 Å². The third kappa shape index (κ3) is 7.18. The molecular weight excluding hydrogens is 368 g/mol. The fourth-order valence-corrected chi connectivity index (χ4v) is 4.91. The van der Waals surface area contributed by atoms with Gasteiger partial charge in [-0.3, -0.25) is 4.99 Å². The van der Waals surface area contributed by atoms with E-state index in [1.54, 1.807) is 0 Å². The number of sulfonamides is 2. The van der Waals surface area contributed by atoms with E-state index in [0.717, 1.165) is 18.9 Å². The molecule has 11 heteroatoms. The minimum Gasteiger partial charge on any atom is -0.492 e. The molecule has 0 saturated heterocycles. The summed E-state index contributed by atoms with van der Waals surface area (Å²) in [5.41, 5.74) is 5.66. The molecular formula is C14H24N4O5S2. The van der Waals surface area contributed by atoms with E-state index in [9.17, 15) is 16.8 Å². The molecule has 142 valence electrons. The first-order valence-corrected chi connectivity index (χ1v) is 11.2. The van der Waals surface area contributed by atoms with Crippen molar-refractivity contribution in [1.29, 1.82) is 0 Å². The lowest BCUT2D eigenvalue weighted by atomic mass is 10.3. The van der Waals surface area contributed by atoms with Crippen molar-refractivity contribution in [2.45, 2.75) is 13.3 Å². The summed E-state index contributed by atoms with van der Waals surface area (Å²) in [7, 11) is -7.92. The summed E-state index contributed by atoms with van der Waals surface area (Å²) in [6.45, 7) is 3.40. The van der Waals surface area contributed by atoms with Crippen LogP contribution in [0.25, 0.3) is 0 Å². The van der Waals surface area contributed by atoms with E-state index in [-0.39, 0.29) is 5.69 Å². The normalized spacial score (nSPS) is 12.7. The van der Waals surface area contributed by atoms with Crippen LogP contribution in [0.15, 0.2) is 29.3 Å². The monoisotopic (exact) mass is 392 g/mol. The summed E-state index contributed by atoms with van der Waals surface area (Å²) >= 11 is 0. The van der Waals surface area contributed by atoms with Crippen molar-refractivity contribution in [3.8, 4) is 5.75 Å².